The van der Waals surface area contributed by atoms with Gasteiger partial charge < -0.3 is 14.5 Å². The van der Waals surface area contributed by atoms with Crippen molar-refractivity contribution in [1.82, 2.24) is 5.32 Å². The maximum Gasteiger partial charge on any atom is 0.261 e. The van der Waals surface area contributed by atoms with E-state index in [2.05, 4.69) is 5.32 Å². The van der Waals surface area contributed by atoms with Crippen molar-refractivity contribution in [1.29, 1.82) is 0 Å². The van der Waals surface area contributed by atoms with Gasteiger partial charge in [-0.1, -0.05) is 66.7 Å². The average Bonchev–Trinajstić information content (AvgIpc) is 3.17. The summed E-state index contributed by atoms with van der Waals surface area (Å²) in [6.45, 7) is 1.74. The fourth-order valence-corrected chi connectivity index (χ4v) is 3.13. The number of amides is 1. The highest BCUT2D eigenvalue weighted by Gasteiger charge is 2.24. The summed E-state index contributed by atoms with van der Waals surface area (Å²) in [6.07, 6.45) is -0.641. The third-order valence-corrected chi connectivity index (χ3v) is 4.57. The lowest BCUT2D eigenvalue weighted by molar-refractivity contribution is -0.127. The van der Waals surface area contributed by atoms with Crippen LogP contribution in [0.15, 0.2) is 95.4 Å². The lowest BCUT2D eigenvalue weighted by atomic mass is 10.0. The minimum Gasteiger partial charge on any atom is -0.481 e. The lowest BCUT2D eigenvalue weighted by Gasteiger charge is -2.20. The van der Waals surface area contributed by atoms with Gasteiger partial charge in [-0.3, -0.25) is 4.79 Å². The summed E-state index contributed by atoms with van der Waals surface area (Å²) in [5.74, 6) is 1.14. The van der Waals surface area contributed by atoms with Crippen LogP contribution in [0.25, 0.3) is 11.0 Å². The quantitative estimate of drug-likeness (QED) is 0.513. The summed E-state index contributed by atoms with van der Waals surface area (Å²) in [5, 5.41) is 4.07. The van der Waals surface area contributed by atoms with E-state index in [0.717, 1.165) is 16.5 Å². The molecule has 2 atom stereocenters. The van der Waals surface area contributed by atoms with Gasteiger partial charge >= 0.3 is 0 Å². The van der Waals surface area contributed by atoms with Crippen LogP contribution >= 0.6 is 0 Å². The number of rotatable bonds is 6. The summed E-state index contributed by atoms with van der Waals surface area (Å²) < 4.78 is 11.8. The number of carbonyl (C=O) groups excluding carboxylic acids is 1. The molecule has 4 heteroatoms. The highest BCUT2D eigenvalue weighted by atomic mass is 16.5. The molecule has 0 radical (unpaired) electrons. The number of hydrogen-bond acceptors (Lipinski definition) is 3. The largest absolute Gasteiger partial charge is 0.481 e. The van der Waals surface area contributed by atoms with Gasteiger partial charge in [0.1, 0.15) is 23.1 Å². The number of benzene rings is 3. The highest BCUT2D eigenvalue weighted by molar-refractivity contribution is 5.82. The van der Waals surface area contributed by atoms with Gasteiger partial charge in [0.2, 0.25) is 0 Å². The molecule has 4 rings (SSSR count). The van der Waals surface area contributed by atoms with E-state index in [1.54, 1.807) is 6.92 Å². The Kier molecular flexibility index (Phi) is 5.11. The van der Waals surface area contributed by atoms with Gasteiger partial charge in [-0.05, 0) is 36.8 Å². The predicted molar refractivity (Wildman–Crippen MR) is 109 cm³/mol. The molecule has 0 fully saturated rings. The third-order valence-electron chi connectivity index (χ3n) is 4.57. The van der Waals surface area contributed by atoms with Gasteiger partial charge in [0.25, 0.3) is 5.91 Å². The molecular formula is C24H21NO3. The first-order valence-electron chi connectivity index (χ1n) is 9.26. The van der Waals surface area contributed by atoms with Crippen molar-refractivity contribution in [2.24, 2.45) is 0 Å². The van der Waals surface area contributed by atoms with Crippen molar-refractivity contribution < 1.29 is 13.9 Å². The Labute approximate surface area is 163 Å². The van der Waals surface area contributed by atoms with Crippen molar-refractivity contribution in [3.63, 3.8) is 0 Å². The van der Waals surface area contributed by atoms with E-state index in [0.29, 0.717) is 11.5 Å². The van der Waals surface area contributed by atoms with Gasteiger partial charge in [0.05, 0.1) is 0 Å². The van der Waals surface area contributed by atoms with Gasteiger partial charge in [-0.2, -0.15) is 0 Å². The topological polar surface area (TPSA) is 51.5 Å². The van der Waals surface area contributed by atoms with Crippen LogP contribution in [-0.2, 0) is 4.79 Å². The molecule has 0 aliphatic rings. The summed E-state index contributed by atoms with van der Waals surface area (Å²) in [6, 6.07) is 28.5. The van der Waals surface area contributed by atoms with E-state index in [1.807, 2.05) is 91.0 Å². The maximum atomic E-state index is 12.8. The molecule has 2 unspecified atom stereocenters. The van der Waals surface area contributed by atoms with Crippen LogP contribution in [0.3, 0.4) is 0 Å². The lowest BCUT2D eigenvalue weighted by Crippen LogP contribution is -2.38. The molecule has 28 heavy (non-hydrogen) atoms. The van der Waals surface area contributed by atoms with E-state index >= 15 is 0 Å². The van der Waals surface area contributed by atoms with Crippen molar-refractivity contribution in [2.75, 3.05) is 0 Å². The molecule has 4 aromatic rings. The van der Waals surface area contributed by atoms with Crippen molar-refractivity contribution in [2.45, 2.75) is 19.1 Å². The second-order valence-corrected chi connectivity index (χ2v) is 6.61. The Bertz CT molecular complexity index is 1020. The zero-order valence-corrected chi connectivity index (χ0v) is 15.5. The third kappa shape index (κ3) is 3.91. The van der Waals surface area contributed by atoms with Crippen LogP contribution in [0, 0.1) is 0 Å². The fraction of sp³-hybridized carbons (Fsp3) is 0.125. The molecule has 0 saturated carbocycles. The van der Waals surface area contributed by atoms with Crippen LogP contribution in [0.4, 0.5) is 0 Å². The van der Waals surface area contributed by atoms with E-state index in [1.165, 1.54) is 0 Å². The molecule has 140 valence electrons. The SMILES string of the molecule is CC(Oc1ccccc1)C(=O)NC(c1ccccc1)c1cc2ccccc2o1. The Morgan fingerprint density at radius 3 is 2.25 bits per heavy atom. The van der Waals surface area contributed by atoms with Crippen LogP contribution in [-0.4, -0.2) is 12.0 Å². The number of para-hydroxylation sites is 2. The molecule has 0 spiro atoms. The standard InChI is InChI=1S/C24H21NO3/c1-17(27-20-13-6-3-7-14-20)24(26)25-23(18-10-4-2-5-11-18)22-16-19-12-8-9-15-21(19)28-22/h2-17,23H,1H3,(H,25,26). The van der Waals surface area contributed by atoms with E-state index < -0.39 is 12.1 Å². The first-order valence-corrected chi connectivity index (χ1v) is 9.26. The fourth-order valence-electron chi connectivity index (χ4n) is 3.13. The molecule has 0 bridgehead atoms. The Balaban J connectivity index is 1.60. The molecule has 4 nitrogen and oxygen atoms in total. The molecular weight excluding hydrogens is 350 g/mol. The zero-order valence-electron chi connectivity index (χ0n) is 15.5. The number of hydrogen-bond donors (Lipinski definition) is 1. The van der Waals surface area contributed by atoms with Gasteiger partial charge in [-0.15, -0.1) is 0 Å². The molecule has 1 N–H and O–H groups in total. The monoisotopic (exact) mass is 371 g/mol. The van der Waals surface area contributed by atoms with Crippen LogP contribution in [0.5, 0.6) is 5.75 Å². The molecule has 3 aromatic carbocycles. The number of nitrogens with one attached hydrogen (secondary N) is 1. The van der Waals surface area contributed by atoms with Crippen molar-refractivity contribution in [3.8, 4) is 5.75 Å². The van der Waals surface area contributed by atoms with Crippen molar-refractivity contribution >= 4 is 16.9 Å². The number of ether oxygens (including phenoxy) is 1. The predicted octanol–water partition coefficient (Wildman–Crippen LogP) is 5.11. The van der Waals surface area contributed by atoms with E-state index in [9.17, 15) is 4.79 Å². The smallest absolute Gasteiger partial charge is 0.261 e. The number of furan rings is 1. The molecule has 1 aromatic heterocycles. The molecule has 1 amide bonds. The summed E-state index contributed by atoms with van der Waals surface area (Å²) in [5.41, 5.74) is 1.74. The van der Waals surface area contributed by atoms with Crippen LogP contribution in [0.1, 0.15) is 24.3 Å². The minimum atomic E-state index is -0.641. The normalized spacial score (nSPS) is 13.0. The Morgan fingerprint density at radius 1 is 0.893 bits per heavy atom. The van der Waals surface area contributed by atoms with Gasteiger partial charge in [0.15, 0.2) is 6.10 Å². The van der Waals surface area contributed by atoms with Crippen LogP contribution < -0.4 is 10.1 Å². The maximum absolute atomic E-state index is 12.8. The van der Waals surface area contributed by atoms with Gasteiger partial charge in [-0.25, -0.2) is 0 Å². The molecule has 0 aliphatic heterocycles. The minimum absolute atomic E-state index is 0.210. The summed E-state index contributed by atoms with van der Waals surface area (Å²) >= 11 is 0. The second-order valence-electron chi connectivity index (χ2n) is 6.61. The van der Waals surface area contributed by atoms with E-state index in [-0.39, 0.29) is 5.91 Å². The summed E-state index contributed by atoms with van der Waals surface area (Å²) in [7, 11) is 0. The van der Waals surface area contributed by atoms with Crippen LogP contribution in [0.2, 0.25) is 0 Å². The summed E-state index contributed by atoms with van der Waals surface area (Å²) in [4.78, 5) is 12.8. The van der Waals surface area contributed by atoms with E-state index in [4.69, 9.17) is 9.15 Å². The number of fused-ring (bicyclic) bond motifs is 1. The van der Waals surface area contributed by atoms with Crippen molar-refractivity contribution in [3.05, 3.63) is 102 Å². The van der Waals surface area contributed by atoms with Gasteiger partial charge in [0, 0.05) is 5.39 Å². The first kappa shape index (κ1) is 17.9. The first-order chi connectivity index (χ1) is 13.7. The highest BCUT2D eigenvalue weighted by Crippen LogP contribution is 2.28. The average molecular weight is 371 g/mol. The Morgan fingerprint density at radius 2 is 1.54 bits per heavy atom. The molecule has 0 saturated heterocycles. The Hall–Kier alpha value is -3.53. The molecule has 0 aliphatic carbocycles. The second kappa shape index (κ2) is 8.01. The number of carbonyl (C=O) groups is 1. The molecule has 1 heterocycles. The zero-order chi connectivity index (χ0) is 19.3.